The second kappa shape index (κ2) is 2.56. The Hall–Kier alpha value is -1.25. The summed E-state index contributed by atoms with van der Waals surface area (Å²) in [7, 11) is 0. The molecule has 52 valence electrons. The van der Waals surface area contributed by atoms with E-state index in [2.05, 4.69) is 4.98 Å². The SMILES string of the molecule is Cc1ccc(F)c(C=O)n1. The van der Waals surface area contributed by atoms with Crippen LogP contribution in [0.25, 0.3) is 0 Å². The van der Waals surface area contributed by atoms with Gasteiger partial charge in [-0.05, 0) is 19.1 Å². The van der Waals surface area contributed by atoms with Crippen LogP contribution in [0.3, 0.4) is 0 Å². The first-order valence-corrected chi connectivity index (χ1v) is 2.82. The fourth-order valence-corrected chi connectivity index (χ4v) is 0.642. The Bertz CT molecular complexity index is 260. The fourth-order valence-electron chi connectivity index (χ4n) is 0.642. The molecule has 10 heavy (non-hydrogen) atoms. The summed E-state index contributed by atoms with van der Waals surface area (Å²) in [6, 6.07) is 2.74. The number of aldehydes is 1. The third kappa shape index (κ3) is 1.18. The molecule has 0 unspecified atom stereocenters. The molecule has 1 rings (SSSR count). The Labute approximate surface area is 57.7 Å². The molecule has 0 saturated carbocycles. The summed E-state index contributed by atoms with van der Waals surface area (Å²) in [5.74, 6) is -0.569. The third-order valence-electron chi connectivity index (χ3n) is 1.12. The van der Waals surface area contributed by atoms with Crippen LogP contribution in [0.15, 0.2) is 12.1 Å². The second-order valence-corrected chi connectivity index (χ2v) is 1.94. The second-order valence-electron chi connectivity index (χ2n) is 1.94. The number of pyridine rings is 1. The van der Waals surface area contributed by atoms with Crippen molar-refractivity contribution in [1.29, 1.82) is 0 Å². The number of aryl methyl sites for hydroxylation is 1. The van der Waals surface area contributed by atoms with Gasteiger partial charge in [-0.1, -0.05) is 0 Å². The minimum absolute atomic E-state index is 0.125. The quantitative estimate of drug-likeness (QED) is 0.549. The molecule has 0 saturated heterocycles. The zero-order chi connectivity index (χ0) is 7.56. The van der Waals surface area contributed by atoms with Crippen LogP contribution in [0.2, 0.25) is 0 Å². The molecule has 0 fully saturated rings. The molecule has 1 heterocycles. The number of nitrogens with zero attached hydrogens (tertiary/aromatic N) is 1. The van der Waals surface area contributed by atoms with Crippen molar-refractivity contribution in [2.45, 2.75) is 6.92 Å². The third-order valence-corrected chi connectivity index (χ3v) is 1.12. The first kappa shape index (κ1) is 6.86. The molecule has 0 atom stereocenters. The van der Waals surface area contributed by atoms with E-state index in [-0.39, 0.29) is 5.69 Å². The highest BCUT2D eigenvalue weighted by Gasteiger charge is 1.99. The highest BCUT2D eigenvalue weighted by Crippen LogP contribution is 2.01. The first-order valence-electron chi connectivity index (χ1n) is 2.82. The number of hydrogen-bond acceptors (Lipinski definition) is 2. The zero-order valence-corrected chi connectivity index (χ0v) is 5.47. The highest BCUT2D eigenvalue weighted by molar-refractivity contribution is 5.71. The predicted octanol–water partition coefficient (Wildman–Crippen LogP) is 1.34. The maximum atomic E-state index is 12.5. The van der Waals surface area contributed by atoms with Crippen molar-refractivity contribution in [2.75, 3.05) is 0 Å². The monoisotopic (exact) mass is 139 g/mol. The zero-order valence-electron chi connectivity index (χ0n) is 5.47. The molecule has 0 N–H and O–H groups in total. The van der Waals surface area contributed by atoms with E-state index in [1.807, 2.05) is 0 Å². The van der Waals surface area contributed by atoms with Crippen LogP contribution in [0.1, 0.15) is 16.2 Å². The van der Waals surface area contributed by atoms with E-state index in [1.165, 1.54) is 12.1 Å². The maximum Gasteiger partial charge on any atom is 0.171 e. The topological polar surface area (TPSA) is 30.0 Å². The van der Waals surface area contributed by atoms with Gasteiger partial charge in [0.1, 0.15) is 5.69 Å². The summed E-state index contributed by atoms with van der Waals surface area (Å²) >= 11 is 0. The molecule has 1 aromatic rings. The molecule has 0 bridgehead atoms. The van der Waals surface area contributed by atoms with Crippen molar-refractivity contribution in [3.63, 3.8) is 0 Å². The van der Waals surface area contributed by atoms with Crippen molar-refractivity contribution >= 4 is 6.29 Å². The van der Waals surface area contributed by atoms with Crippen molar-refractivity contribution in [2.24, 2.45) is 0 Å². The summed E-state index contributed by atoms with van der Waals surface area (Å²) in [6.45, 7) is 1.70. The van der Waals surface area contributed by atoms with Crippen LogP contribution in [0.5, 0.6) is 0 Å². The van der Waals surface area contributed by atoms with Gasteiger partial charge in [0.2, 0.25) is 0 Å². The van der Waals surface area contributed by atoms with Gasteiger partial charge in [0.05, 0.1) is 0 Å². The van der Waals surface area contributed by atoms with E-state index in [0.717, 1.165) is 0 Å². The Kier molecular flexibility index (Phi) is 1.76. The lowest BCUT2D eigenvalue weighted by Gasteiger charge is -1.93. The van der Waals surface area contributed by atoms with Crippen LogP contribution >= 0.6 is 0 Å². The van der Waals surface area contributed by atoms with Gasteiger partial charge in [0.25, 0.3) is 0 Å². The molecule has 0 aliphatic rings. The summed E-state index contributed by atoms with van der Waals surface area (Å²) in [5, 5.41) is 0. The smallest absolute Gasteiger partial charge is 0.171 e. The van der Waals surface area contributed by atoms with E-state index in [1.54, 1.807) is 6.92 Å². The summed E-state index contributed by atoms with van der Waals surface area (Å²) in [6.07, 6.45) is 0.405. The van der Waals surface area contributed by atoms with Crippen LogP contribution in [-0.4, -0.2) is 11.3 Å². The van der Waals surface area contributed by atoms with Crippen LogP contribution in [-0.2, 0) is 0 Å². The van der Waals surface area contributed by atoms with Gasteiger partial charge in [-0.25, -0.2) is 9.37 Å². The lowest BCUT2D eigenvalue weighted by Crippen LogP contribution is -1.93. The number of halogens is 1. The molecular weight excluding hydrogens is 133 g/mol. The molecule has 1 aromatic heterocycles. The Morgan fingerprint density at radius 3 is 2.80 bits per heavy atom. The summed E-state index contributed by atoms with van der Waals surface area (Å²) < 4.78 is 12.5. The highest BCUT2D eigenvalue weighted by atomic mass is 19.1. The number of carbonyl (C=O) groups excluding carboxylic acids is 1. The van der Waals surface area contributed by atoms with Crippen molar-refractivity contribution < 1.29 is 9.18 Å². The summed E-state index contributed by atoms with van der Waals surface area (Å²) in [5.41, 5.74) is 0.517. The lowest BCUT2D eigenvalue weighted by molar-refractivity contribution is 0.111. The molecule has 0 aliphatic heterocycles. The average molecular weight is 139 g/mol. The van der Waals surface area contributed by atoms with Crippen molar-refractivity contribution in [3.05, 3.63) is 29.3 Å². The predicted molar refractivity (Wildman–Crippen MR) is 34.3 cm³/mol. The standard InChI is InChI=1S/C7H6FNO/c1-5-2-3-6(8)7(4-10)9-5/h2-4H,1H3. The number of aromatic nitrogens is 1. The summed E-state index contributed by atoms with van der Waals surface area (Å²) in [4.78, 5) is 13.7. The van der Waals surface area contributed by atoms with Gasteiger partial charge < -0.3 is 0 Å². The minimum atomic E-state index is -0.569. The number of rotatable bonds is 1. The van der Waals surface area contributed by atoms with Gasteiger partial charge in [0.15, 0.2) is 12.1 Å². The van der Waals surface area contributed by atoms with Crippen LogP contribution in [0, 0.1) is 12.7 Å². The van der Waals surface area contributed by atoms with Crippen molar-refractivity contribution in [1.82, 2.24) is 4.98 Å². The Balaban J connectivity index is 3.21. The van der Waals surface area contributed by atoms with E-state index < -0.39 is 5.82 Å². The molecule has 0 aliphatic carbocycles. The molecule has 2 nitrogen and oxygen atoms in total. The van der Waals surface area contributed by atoms with Gasteiger partial charge >= 0.3 is 0 Å². The minimum Gasteiger partial charge on any atom is -0.296 e. The molecular formula is C7H6FNO. The normalized spacial score (nSPS) is 9.40. The van der Waals surface area contributed by atoms with E-state index in [4.69, 9.17) is 0 Å². The van der Waals surface area contributed by atoms with E-state index in [0.29, 0.717) is 12.0 Å². The largest absolute Gasteiger partial charge is 0.296 e. The molecule has 3 heteroatoms. The van der Waals surface area contributed by atoms with Gasteiger partial charge in [-0.15, -0.1) is 0 Å². The average Bonchev–Trinajstić information content (AvgIpc) is 1.94. The lowest BCUT2D eigenvalue weighted by atomic mass is 10.3. The molecule has 0 radical (unpaired) electrons. The van der Waals surface area contributed by atoms with Gasteiger partial charge in [-0.2, -0.15) is 0 Å². The molecule has 0 amide bonds. The molecule has 0 spiro atoms. The fraction of sp³-hybridized carbons (Fsp3) is 0.143. The van der Waals surface area contributed by atoms with Crippen LogP contribution < -0.4 is 0 Å². The van der Waals surface area contributed by atoms with E-state index in [9.17, 15) is 9.18 Å². The number of carbonyl (C=O) groups is 1. The molecule has 0 aromatic carbocycles. The van der Waals surface area contributed by atoms with Gasteiger partial charge in [0, 0.05) is 5.69 Å². The van der Waals surface area contributed by atoms with E-state index >= 15 is 0 Å². The Morgan fingerprint density at radius 2 is 2.30 bits per heavy atom. The Morgan fingerprint density at radius 1 is 1.60 bits per heavy atom. The number of hydrogen-bond donors (Lipinski definition) is 0. The van der Waals surface area contributed by atoms with Gasteiger partial charge in [-0.3, -0.25) is 4.79 Å². The van der Waals surface area contributed by atoms with Crippen molar-refractivity contribution in [3.8, 4) is 0 Å². The van der Waals surface area contributed by atoms with Crippen LogP contribution in [0.4, 0.5) is 4.39 Å². The maximum absolute atomic E-state index is 12.5. The first-order chi connectivity index (χ1) is 4.74.